The Morgan fingerprint density at radius 3 is 2.92 bits per heavy atom. The van der Waals surface area contributed by atoms with Crippen molar-refractivity contribution in [1.29, 1.82) is 0 Å². The van der Waals surface area contributed by atoms with Crippen molar-refractivity contribution in [2.24, 2.45) is 13.0 Å². The van der Waals surface area contributed by atoms with Crippen molar-refractivity contribution < 1.29 is 9.53 Å². The molecule has 1 amide bonds. The third-order valence-electron chi connectivity index (χ3n) is 5.16. The Balaban J connectivity index is 1.45. The minimum absolute atomic E-state index is 0.00803. The van der Waals surface area contributed by atoms with Crippen molar-refractivity contribution in [3.05, 3.63) is 46.2 Å². The predicted molar refractivity (Wildman–Crippen MR) is 93.2 cm³/mol. The normalized spacial score (nSPS) is 23.4. The second kappa shape index (κ2) is 6.77. The number of nitrogens with zero attached hydrogens (tertiary/aromatic N) is 4. The zero-order valence-corrected chi connectivity index (χ0v) is 14.9. The molecule has 132 valence electrons. The van der Waals surface area contributed by atoms with E-state index in [1.165, 1.54) is 0 Å². The van der Waals surface area contributed by atoms with Crippen LogP contribution in [0.15, 0.2) is 24.3 Å². The maximum atomic E-state index is 13.0. The highest BCUT2D eigenvalue weighted by Crippen LogP contribution is 2.28. The summed E-state index contributed by atoms with van der Waals surface area (Å²) in [5.74, 6) is 0.225. The molecule has 25 heavy (non-hydrogen) atoms. The zero-order chi connectivity index (χ0) is 17.4. The minimum Gasteiger partial charge on any atom is -0.370 e. The number of rotatable bonds is 2. The minimum atomic E-state index is -0.0903. The van der Waals surface area contributed by atoms with Crippen LogP contribution in [0.2, 0.25) is 5.02 Å². The number of ether oxygens (including phenoxy) is 1. The smallest absolute Gasteiger partial charge is 0.226 e. The number of halogens is 1. The van der Waals surface area contributed by atoms with Crippen LogP contribution >= 0.6 is 11.6 Å². The van der Waals surface area contributed by atoms with Crippen molar-refractivity contribution in [3.8, 4) is 0 Å². The summed E-state index contributed by atoms with van der Waals surface area (Å²) in [4.78, 5) is 15.0. The number of carbonyl (C=O) groups is 1. The van der Waals surface area contributed by atoms with Gasteiger partial charge in [-0.15, -0.1) is 5.10 Å². The molecule has 1 aromatic heterocycles. The summed E-state index contributed by atoms with van der Waals surface area (Å²) in [7, 11) is 1.89. The Morgan fingerprint density at radius 1 is 1.32 bits per heavy atom. The molecule has 0 spiro atoms. The van der Waals surface area contributed by atoms with E-state index in [-0.39, 0.29) is 17.9 Å². The number of fused-ring (bicyclic) bond motifs is 1. The molecule has 2 heterocycles. The van der Waals surface area contributed by atoms with Gasteiger partial charge in [0.25, 0.3) is 0 Å². The lowest BCUT2D eigenvalue weighted by Gasteiger charge is -2.36. The van der Waals surface area contributed by atoms with E-state index in [4.69, 9.17) is 16.3 Å². The number of benzene rings is 1. The fraction of sp³-hybridized carbons (Fsp3) is 0.500. The quantitative estimate of drug-likeness (QED) is 0.823. The first-order valence-electron chi connectivity index (χ1n) is 8.65. The predicted octanol–water partition coefficient (Wildman–Crippen LogP) is 2.17. The van der Waals surface area contributed by atoms with Gasteiger partial charge in [0, 0.05) is 31.0 Å². The van der Waals surface area contributed by atoms with Gasteiger partial charge < -0.3 is 9.64 Å². The summed E-state index contributed by atoms with van der Waals surface area (Å²) >= 11 is 5.96. The second-order valence-electron chi connectivity index (χ2n) is 6.74. The summed E-state index contributed by atoms with van der Waals surface area (Å²) in [5.41, 5.74) is 3.18. The monoisotopic (exact) mass is 360 g/mol. The van der Waals surface area contributed by atoms with Crippen molar-refractivity contribution in [1.82, 2.24) is 19.9 Å². The molecule has 1 unspecified atom stereocenters. The van der Waals surface area contributed by atoms with Crippen molar-refractivity contribution in [3.63, 3.8) is 0 Å². The zero-order valence-electron chi connectivity index (χ0n) is 14.2. The molecule has 0 saturated carbocycles. The van der Waals surface area contributed by atoms with Gasteiger partial charge in [-0.1, -0.05) is 28.9 Å². The molecule has 2 aliphatic rings. The number of hydrogen-bond donors (Lipinski definition) is 0. The first-order chi connectivity index (χ1) is 12.1. The molecule has 1 aromatic carbocycles. The van der Waals surface area contributed by atoms with Crippen LogP contribution in [0.3, 0.4) is 0 Å². The molecule has 0 radical (unpaired) electrons. The maximum Gasteiger partial charge on any atom is 0.226 e. The van der Waals surface area contributed by atoms with Crippen LogP contribution in [0.1, 0.15) is 29.5 Å². The van der Waals surface area contributed by atoms with Crippen LogP contribution in [0.25, 0.3) is 0 Å². The Kier molecular flexibility index (Phi) is 4.48. The summed E-state index contributed by atoms with van der Waals surface area (Å²) in [6.45, 7) is 1.80. The van der Waals surface area contributed by atoms with Gasteiger partial charge in [-0.2, -0.15) is 0 Å². The number of morpholine rings is 1. The first kappa shape index (κ1) is 16.5. The number of aryl methyl sites for hydroxylation is 2. The second-order valence-corrected chi connectivity index (χ2v) is 7.18. The third-order valence-corrected chi connectivity index (χ3v) is 5.41. The molecule has 6 nitrogen and oxygen atoms in total. The van der Waals surface area contributed by atoms with E-state index in [0.717, 1.165) is 36.2 Å². The van der Waals surface area contributed by atoms with Gasteiger partial charge in [-0.05, 0) is 30.5 Å². The van der Waals surface area contributed by atoms with Gasteiger partial charge in [0.1, 0.15) is 6.10 Å². The number of amides is 1. The van der Waals surface area contributed by atoms with Gasteiger partial charge in [0.2, 0.25) is 5.91 Å². The summed E-state index contributed by atoms with van der Waals surface area (Å²) < 4.78 is 7.67. The summed E-state index contributed by atoms with van der Waals surface area (Å²) in [5, 5.41) is 8.96. The van der Waals surface area contributed by atoms with E-state index < -0.39 is 0 Å². The third kappa shape index (κ3) is 3.28. The molecule has 1 fully saturated rings. The summed E-state index contributed by atoms with van der Waals surface area (Å²) in [6, 6.07) is 7.66. The van der Waals surface area contributed by atoms with Crippen molar-refractivity contribution in [2.45, 2.75) is 25.4 Å². The molecule has 7 heteroatoms. The van der Waals surface area contributed by atoms with Crippen LogP contribution in [-0.4, -0.2) is 45.5 Å². The van der Waals surface area contributed by atoms with Gasteiger partial charge in [-0.25, -0.2) is 0 Å². The van der Waals surface area contributed by atoms with Gasteiger partial charge in [-0.3, -0.25) is 9.48 Å². The van der Waals surface area contributed by atoms with E-state index in [2.05, 4.69) is 10.3 Å². The van der Waals surface area contributed by atoms with E-state index in [0.29, 0.717) is 24.7 Å². The van der Waals surface area contributed by atoms with E-state index in [1.54, 1.807) is 4.68 Å². The summed E-state index contributed by atoms with van der Waals surface area (Å²) in [6.07, 6.45) is 2.30. The molecule has 2 atom stereocenters. The van der Waals surface area contributed by atoms with Crippen molar-refractivity contribution >= 4 is 17.5 Å². The molecule has 1 aliphatic carbocycles. The van der Waals surface area contributed by atoms with E-state index in [1.807, 2.05) is 36.2 Å². The molecular formula is C18H21ClN4O2. The van der Waals surface area contributed by atoms with Crippen molar-refractivity contribution in [2.75, 3.05) is 19.7 Å². The molecule has 0 N–H and O–H groups in total. The number of aromatic nitrogens is 3. The van der Waals surface area contributed by atoms with Gasteiger partial charge in [0.15, 0.2) is 0 Å². The van der Waals surface area contributed by atoms with Gasteiger partial charge >= 0.3 is 0 Å². The fourth-order valence-electron chi connectivity index (χ4n) is 3.71. The molecular weight excluding hydrogens is 340 g/mol. The van der Waals surface area contributed by atoms with Crippen LogP contribution < -0.4 is 0 Å². The standard InChI is InChI=1S/C18H21ClN4O2/c1-22-16-10-13(4-7-15(16)20-21-22)18(24)23-8-9-25-17(11-23)12-2-5-14(19)6-3-12/h2-3,5-6,13,17H,4,7-11H2,1H3/t13?,17-/m1/s1. The molecule has 2 aromatic rings. The molecule has 0 bridgehead atoms. The van der Waals surface area contributed by atoms with Crippen LogP contribution in [0.5, 0.6) is 0 Å². The maximum absolute atomic E-state index is 13.0. The number of carbonyl (C=O) groups excluding carboxylic acids is 1. The van der Waals surface area contributed by atoms with E-state index >= 15 is 0 Å². The first-order valence-corrected chi connectivity index (χ1v) is 9.03. The average molecular weight is 361 g/mol. The highest BCUT2D eigenvalue weighted by molar-refractivity contribution is 6.30. The van der Waals surface area contributed by atoms with Crippen LogP contribution in [0.4, 0.5) is 0 Å². The Hall–Kier alpha value is -1.92. The highest BCUT2D eigenvalue weighted by atomic mass is 35.5. The lowest BCUT2D eigenvalue weighted by atomic mass is 9.88. The SMILES string of the molecule is Cn1nnc2c1CC(C(=O)N1CCO[C@@H](c3ccc(Cl)cc3)C1)CC2. The van der Waals surface area contributed by atoms with Gasteiger partial charge in [0.05, 0.1) is 24.5 Å². The van der Waals surface area contributed by atoms with Crippen LogP contribution in [0, 0.1) is 5.92 Å². The Labute approximate surface area is 151 Å². The Morgan fingerprint density at radius 2 is 2.12 bits per heavy atom. The lowest BCUT2D eigenvalue weighted by molar-refractivity contribution is -0.143. The van der Waals surface area contributed by atoms with E-state index in [9.17, 15) is 4.79 Å². The average Bonchev–Trinajstić information content (AvgIpc) is 3.02. The fourth-order valence-corrected chi connectivity index (χ4v) is 3.83. The number of hydrogen-bond acceptors (Lipinski definition) is 4. The largest absolute Gasteiger partial charge is 0.370 e. The lowest BCUT2D eigenvalue weighted by Crippen LogP contribution is -2.46. The molecule has 1 aliphatic heterocycles. The Bertz CT molecular complexity index is 774. The molecule has 1 saturated heterocycles. The van der Waals surface area contributed by atoms with Crippen LogP contribution in [-0.2, 0) is 29.4 Å². The topological polar surface area (TPSA) is 60.2 Å². The molecule has 4 rings (SSSR count). The highest BCUT2D eigenvalue weighted by Gasteiger charge is 2.33.